The molecule has 1 aliphatic rings. The van der Waals surface area contributed by atoms with E-state index in [1.165, 1.54) is 19.2 Å². The van der Waals surface area contributed by atoms with Gasteiger partial charge in [0.25, 0.3) is 0 Å². The SMILES string of the molecule is COC(=O)C1CC(=O)N(c2ccc(OCc3cccc(F)c3)cc2)C1. The Hall–Kier alpha value is -2.89. The van der Waals surface area contributed by atoms with Gasteiger partial charge in [0.2, 0.25) is 5.91 Å². The molecule has 0 saturated carbocycles. The molecule has 1 aliphatic heterocycles. The van der Waals surface area contributed by atoms with Crippen LogP contribution in [-0.2, 0) is 20.9 Å². The maximum absolute atomic E-state index is 13.1. The minimum Gasteiger partial charge on any atom is -0.489 e. The highest BCUT2D eigenvalue weighted by Gasteiger charge is 2.35. The Kier molecular flexibility index (Phi) is 4.97. The third kappa shape index (κ3) is 3.96. The first kappa shape index (κ1) is 17.0. The van der Waals surface area contributed by atoms with Gasteiger partial charge in [-0.1, -0.05) is 12.1 Å². The Morgan fingerprint density at radius 1 is 1.24 bits per heavy atom. The summed E-state index contributed by atoms with van der Waals surface area (Å²) in [6.45, 7) is 0.569. The third-order valence-electron chi connectivity index (χ3n) is 4.10. The van der Waals surface area contributed by atoms with E-state index in [2.05, 4.69) is 0 Å². The van der Waals surface area contributed by atoms with Crippen molar-refractivity contribution in [3.8, 4) is 5.75 Å². The van der Waals surface area contributed by atoms with E-state index < -0.39 is 5.92 Å². The van der Waals surface area contributed by atoms with Crippen molar-refractivity contribution in [2.75, 3.05) is 18.6 Å². The van der Waals surface area contributed by atoms with Gasteiger partial charge in [-0.2, -0.15) is 0 Å². The smallest absolute Gasteiger partial charge is 0.311 e. The van der Waals surface area contributed by atoms with Gasteiger partial charge in [-0.15, -0.1) is 0 Å². The molecule has 1 fully saturated rings. The maximum Gasteiger partial charge on any atom is 0.311 e. The van der Waals surface area contributed by atoms with Crippen LogP contribution < -0.4 is 9.64 Å². The number of halogens is 1. The zero-order valence-corrected chi connectivity index (χ0v) is 13.8. The van der Waals surface area contributed by atoms with Gasteiger partial charge in [0.15, 0.2) is 0 Å². The van der Waals surface area contributed by atoms with Crippen molar-refractivity contribution < 1.29 is 23.5 Å². The molecule has 130 valence electrons. The van der Waals surface area contributed by atoms with Crippen LogP contribution in [0.25, 0.3) is 0 Å². The lowest BCUT2D eigenvalue weighted by atomic mass is 10.1. The molecule has 1 saturated heterocycles. The number of esters is 1. The van der Waals surface area contributed by atoms with Crippen molar-refractivity contribution >= 4 is 17.6 Å². The van der Waals surface area contributed by atoms with Gasteiger partial charge >= 0.3 is 5.97 Å². The maximum atomic E-state index is 13.1. The summed E-state index contributed by atoms with van der Waals surface area (Å²) in [5, 5.41) is 0. The first-order valence-electron chi connectivity index (χ1n) is 7.92. The molecule has 0 bridgehead atoms. The van der Waals surface area contributed by atoms with Crippen LogP contribution in [0.4, 0.5) is 10.1 Å². The number of benzene rings is 2. The molecule has 6 heteroatoms. The number of ether oxygens (including phenoxy) is 2. The van der Waals surface area contributed by atoms with Gasteiger partial charge < -0.3 is 14.4 Å². The lowest BCUT2D eigenvalue weighted by molar-refractivity contribution is -0.145. The first-order chi connectivity index (χ1) is 12.1. The number of carbonyl (C=O) groups excluding carboxylic acids is 2. The van der Waals surface area contributed by atoms with Crippen molar-refractivity contribution in [2.24, 2.45) is 5.92 Å². The number of nitrogens with zero attached hydrogens (tertiary/aromatic N) is 1. The average molecular weight is 343 g/mol. The fourth-order valence-electron chi connectivity index (χ4n) is 2.80. The monoisotopic (exact) mass is 343 g/mol. The molecule has 1 amide bonds. The van der Waals surface area contributed by atoms with Crippen LogP contribution in [0.15, 0.2) is 48.5 Å². The summed E-state index contributed by atoms with van der Waals surface area (Å²) >= 11 is 0. The minimum atomic E-state index is -0.429. The Balaban J connectivity index is 1.62. The first-order valence-corrected chi connectivity index (χ1v) is 7.92. The number of methoxy groups -OCH3 is 1. The second-order valence-corrected chi connectivity index (χ2v) is 5.84. The summed E-state index contributed by atoms with van der Waals surface area (Å²) in [7, 11) is 1.32. The fourth-order valence-corrected chi connectivity index (χ4v) is 2.80. The van der Waals surface area contributed by atoms with Crippen molar-refractivity contribution in [2.45, 2.75) is 13.0 Å². The largest absolute Gasteiger partial charge is 0.489 e. The van der Waals surface area contributed by atoms with Gasteiger partial charge in [-0.05, 0) is 42.0 Å². The Labute approximate surface area is 145 Å². The summed E-state index contributed by atoms with van der Waals surface area (Å²) < 4.78 is 23.5. The fraction of sp³-hybridized carbons (Fsp3) is 0.263. The topological polar surface area (TPSA) is 55.8 Å². The van der Waals surface area contributed by atoms with E-state index in [-0.39, 0.29) is 30.7 Å². The molecule has 3 rings (SSSR count). The van der Waals surface area contributed by atoms with Crippen LogP contribution in [0.2, 0.25) is 0 Å². The van der Waals surface area contributed by atoms with E-state index in [9.17, 15) is 14.0 Å². The summed E-state index contributed by atoms with van der Waals surface area (Å²) in [6, 6.07) is 13.2. The van der Waals surface area contributed by atoms with Gasteiger partial charge in [0, 0.05) is 18.7 Å². The molecule has 2 aromatic carbocycles. The van der Waals surface area contributed by atoms with Crippen LogP contribution in [0.5, 0.6) is 5.75 Å². The molecular weight excluding hydrogens is 325 g/mol. The van der Waals surface area contributed by atoms with E-state index >= 15 is 0 Å². The molecule has 1 heterocycles. The van der Waals surface area contributed by atoms with E-state index in [1.54, 1.807) is 41.3 Å². The predicted molar refractivity (Wildman–Crippen MR) is 89.7 cm³/mol. The minimum absolute atomic E-state index is 0.108. The summed E-state index contributed by atoms with van der Waals surface area (Å²) in [5.41, 5.74) is 1.44. The highest BCUT2D eigenvalue weighted by Crippen LogP contribution is 2.27. The Morgan fingerprint density at radius 3 is 2.68 bits per heavy atom. The van der Waals surface area contributed by atoms with Crippen LogP contribution in [-0.4, -0.2) is 25.5 Å². The zero-order chi connectivity index (χ0) is 17.8. The number of hydrogen-bond acceptors (Lipinski definition) is 4. The predicted octanol–water partition coefficient (Wildman–Crippen LogP) is 2.93. The van der Waals surface area contributed by atoms with Crippen molar-refractivity contribution in [3.05, 3.63) is 59.9 Å². The molecule has 25 heavy (non-hydrogen) atoms. The number of rotatable bonds is 5. The Morgan fingerprint density at radius 2 is 2.00 bits per heavy atom. The van der Waals surface area contributed by atoms with Crippen LogP contribution in [0, 0.1) is 11.7 Å². The Bertz CT molecular complexity index is 775. The van der Waals surface area contributed by atoms with E-state index in [0.29, 0.717) is 18.0 Å². The lowest BCUT2D eigenvalue weighted by Crippen LogP contribution is -2.26. The molecule has 1 atom stereocenters. The second kappa shape index (κ2) is 7.34. The molecule has 0 aliphatic carbocycles. The molecular formula is C19H18FNO4. The molecule has 1 unspecified atom stereocenters. The molecule has 2 aromatic rings. The van der Waals surface area contributed by atoms with Gasteiger partial charge in [0.1, 0.15) is 18.2 Å². The average Bonchev–Trinajstić information content (AvgIpc) is 3.01. The summed E-state index contributed by atoms with van der Waals surface area (Å²) in [5.74, 6) is -0.593. The van der Waals surface area contributed by atoms with Crippen LogP contribution in [0.3, 0.4) is 0 Å². The summed E-state index contributed by atoms with van der Waals surface area (Å²) in [6.07, 6.45) is 0.157. The molecule has 0 aromatic heterocycles. The number of carbonyl (C=O) groups is 2. The molecule has 0 spiro atoms. The van der Waals surface area contributed by atoms with E-state index in [1.807, 2.05) is 0 Å². The zero-order valence-electron chi connectivity index (χ0n) is 13.8. The van der Waals surface area contributed by atoms with Crippen LogP contribution in [0.1, 0.15) is 12.0 Å². The quantitative estimate of drug-likeness (QED) is 0.784. The number of amides is 1. The molecule has 5 nitrogen and oxygen atoms in total. The number of hydrogen-bond donors (Lipinski definition) is 0. The van der Waals surface area contributed by atoms with Crippen molar-refractivity contribution in [3.63, 3.8) is 0 Å². The lowest BCUT2D eigenvalue weighted by Gasteiger charge is -2.17. The van der Waals surface area contributed by atoms with Gasteiger partial charge in [-0.25, -0.2) is 4.39 Å². The third-order valence-corrected chi connectivity index (χ3v) is 4.10. The van der Waals surface area contributed by atoms with Crippen LogP contribution >= 0.6 is 0 Å². The second-order valence-electron chi connectivity index (χ2n) is 5.84. The van der Waals surface area contributed by atoms with Gasteiger partial charge in [0.05, 0.1) is 13.0 Å². The standard InChI is InChI=1S/C19H18FNO4/c1-24-19(23)14-10-18(22)21(11-14)16-5-7-17(8-6-16)25-12-13-3-2-4-15(20)9-13/h2-9,14H,10-12H2,1H3. The summed E-state index contributed by atoms with van der Waals surface area (Å²) in [4.78, 5) is 25.2. The van der Waals surface area contributed by atoms with E-state index in [0.717, 1.165) is 5.56 Å². The van der Waals surface area contributed by atoms with Gasteiger partial charge in [-0.3, -0.25) is 9.59 Å². The molecule has 0 radical (unpaired) electrons. The normalized spacial score (nSPS) is 16.8. The number of anilines is 1. The molecule has 0 N–H and O–H groups in total. The van der Waals surface area contributed by atoms with Crippen molar-refractivity contribution in [1.29, 1.82) is 0 Å². The van der Waals surface area contributed by atoms with Crippen molar-refractivity contribution in [1.82, 2.24) is 0 Å². The highest BCUT2D eigenvalue weighted by molar-refractivity contribution is 5.99. The van der Waals surface area contributed by atoms with E-state index in [4.69, 9.17) is 9.47 Å². The highest BCUT2D eigenvalue weighted by atomic mass is 19.1.